The zero-order valence-electron chi connectivity index (χ0n) is 16.2. The highest BCUT2D eigenvalue weighted by atomic mass is 19.1. The second-order valence-corrected chi connectivity index (χ2v) is 7.74. The molecule has 6 heteroatoms. The monoisotopic (exact) mass is 350 g/mol. The number of carbonyl (C=O) groups excluding carboxylic acids is 1. The summed E-state index contributed by atoms with van der Waals surface area (Å²) in [6.07, 6.45) is 0. The number of hydrogen-bond acceptors (Lipinski definition) is 2. The zero-order valence-corrected chi connectivity index (χ0v) is 16.2. The maximum atomic E-state index is 13.5. The van der Waals surface area contributed by atoms with E-state index in [2.05, 4.69) is 20.9 Å². The fraction of sp³-hybridized carbons (Fsp3) is 0.579. The van der Waals surface area contributed by atoms with E-state index >= 15 is 0 Å². The Hall–Kier alpha value is -2.11. The predicted octanol–water partition coefficient (Wildman–Crippen LogP) is 2.57. The molecule has 0 aliphatic rings. The van der Waals surface area contributed by atoms with E-state index in [0.29, 0.717) is 19.0 Å². The van der Waals surface area contributed by atoms with Crippen LogP contribution in [0.25, 0.3) is 0 Å². The molecule has 0 fully saturated rings. The van der Waals surface area contributed by atoms with Gasteiger partial charge in [0.05, 0.1) is 0 Å². The number of nitrogens with zero attached hydrogens (tertiary/aromatic N) is 1. The summed E-state index contributed by atoms with van der Waals surface area (Å²) in [7, 11) is 0. The summed E-state index contributed by atoms with van der Waals surface area (Å²) in [4.78, 5) is 16.2. The highest BCUT2D eigenvalue weighted by molar-refractivity contribution is 5.85. The molecule has 0 atom stereocenters. The standard InChI is InChI=1S/C19H31FN4O/c1-7-21-17(22-12-16(25)24-18(2,3)4)23-13-19(5,6)14-9-8-10-15(20)11-14/h8-11H,7,12-13H2,1-6H3,(H,24,25)(H2,21,22,23). The van der Waals surface area contributed by atoms with Crippen molar-refractivity contribution in [2.45, 2.75) is 52.5 Å². The summed E-state index contributed by atoms with van der Waals surface area (Å²) in [6, 6.07) is 6.60. The molecule has 0 saturated carbocycles. The molecule has 25 heavy (non-hydrogen) atoms. The smallest absolute Gasteiger partial charge is 0.242 e. The fourth-order valence-corrected chi connectivity index (χ4v) is 2.27. The van der Waals surface area contributed by atoms with Crippen LogP contribution >= 0.6 is 0 Å². The minimum absolute atomic E-state index is 0.0486. The van der Waals surface area contributed by atoms with Gasteiger partial charge in [-0.05, 0) is 45.4 Å². The van der Waals surface area contributed by atoms with Crippen molar-refractivity contribution in [1.82, 2.24) is 16.0 Å². The summed E-state index contributed by atoms with van der Waals surface area (Å²) in [6.45, 7) is 13.1. The van der Waals surface area contributed by atoms with Crippen molar-refractivity contribution >= 4 is 11.9 Å². The first-order valence-electron chi connectivity index (χ1n) is 8.63. The van der Waals surface area contributed by atoms with Crippen LogP contribution in [0, 0.1) is 5.82 Å². The van der Waals surface area contributed by atoms with Gasteiger partial charge in [-0.1, -0.05) is 26.0 Å². The van der Waals surface area contributed by atoms with Crippen molar-refractivity contribution in [1.29, 1.82) is 0 Å². The molecule has 0 unspecified atom stereocenters. The lowest BCUT2D eigenvalue weighted by Crippen LogP contribution is -2.45. The van der Waals surface area contributed by atoms with Gasteiger partial charge < -0.3 is 16.0 Å². The van der Waals surface area contributed by atoms with Crippen LogP contribution < -0.4 is 16.0 Å². The van der Waals surface area contributed by atoms with E-state index in [-0.39, 0.29) is 29.2 Å². The lowest BCUT2D eigenvalue weighted by atomic mass is 9.84. The minimum Gasteiger partial charge on any atom is -0.357 e. The van der Waals surface area contributed by atoms with Crippen LogP contribution in [0.4, 0.5) is 4.39 Å². The Labute approximate surface area is 150 Å². The third kappa shape index (κ3) is 8.01. The molecule has 3 N–H and O–H groups in total. The van der Waals surface area contributed by atoms with Gasteiger partial charge in [-0.2, -0.15) is 0 Å². The number of nitrogens with one attached hydrogen (secondary N) is 3. The van der Waals surface area contributed by atoms with Gasteiger partial charge in [0.15, 0.2) is 5.96 Å². The SMILES string of the molecule is CCNC(=NCC(=O)NC(C)(C)C)NCC(C)(C)c1cccc(F)c1. The molecule has 1 rings (SSSR count). The highest BCUT2D eigenvalue weighted by Crippen LogP contribution is 2.22. The largest absolute Gasteiger partial charge is 0.357 e. The van der Waals surface area contributed by atoms with Crippen molar-refractivity contribution < 1.29 is 9.18 Å². The molecule has 0 aromatic heterocycles. The maximum Gasteiger partial charge on any atom is 0.242 e. The van der Waals surface area contributed by atoms with Gasteiger partial charge in [0, 0.05) is 24.0 Å². The lowest BCUT2D eigenvalue weighted by Gasteiger charge is -2.27. The Kier molecular flexibility index (Phi) is 7.39. The third-order valence-corrected chi connectivity index (χ3v) is 3.54. The Morgan fingerprint density at radius 3 is 2.40 bits per heavy atom. The van der Waals surface area contributed by atoms with E-state index in [0.717, 1.165) is 5.56 Å². The highest BCUT2D eigenvalue weighted by Gasteiger charge is 2.21. The first kappa shape index (κ1) is 20.9. The van der Waals surface area contributed by atoms with E-state index in [1.54, 1.807) is 12.1 Å². The van der Waals surface area contributed by atoms with E-state index in [9.17, 15) is 9.18 Å². The normalized spacial score (nSPS) is 12.7. The Balaban J connectivity index is 2.71. The number of hydrogen-bond donors (Lipinski definition) is 3. The van der Waals surface area contributed by atoms with E-state index in [4.69, 9.17) is 0 Å². The van der Waals surface area contributed by atoms with E-state index < -0.39 is 0 Å². The van der Waals surface area contributed by atoms with Crippen LogP contribution in [-0.2, 0) is 10.2 Å². The molecule has 0 saturated heterocycles. The van der Waals surface area contributed by atoms with Crippen molar-refractivity contribution in [2.24, 2.45) is 4.99 Å². The quantitative estimate of drug-likeness (QED) is 0.546. The topological polar surface area (TPSA) is 65.5 Å². The average molecular weight is 350 g/mol. The number of halogens is 1. The van der Waals surface area contributed by atoms with Crippen molar-refractivity contribution in [3.8, 4) is 0 Å². The van der Waals surface area contributed by atoms with Gasteiger partial charge >= 0.3 is 0 Å². The average Bonchev–Trinajstić information content (AvgIpc) is 2.48. The molecule has 0 aliphatic heterocycles. The van der Waals surface area contributed by atoms with Gasteiger partial charge in [0.25, 0.3) is 0 Å². The van der Waals surface area contributed by atoms with Gasteiger partial charge in [-0.25, -0.2) is 9.38 Å². The van der Waals surface area contributed by atoms with Gasteiger partial charge in [-0.3, -0.25) is 4.79 Å². The second-order valence-electron chi connectivity index (χ2n) is 7.74. The van der Waals surface area contributed by atoms with Gasteiger partial charge in [0.2, 0.25) is 5.91 Å². The molecule has 0 radical (unpaired) electrons. The molecule has 140 valence electrons. The van der Waals surface area contributed by atoms with Crippen LogP contribution in [0.5, 0.6) is 0 Å². The van der Waals surface area contributed by atoms with Crippen molar-refractivity contribution in [2.75, 3.05) is 19.6 Å². The summed E-state index contributed by atoms with van der Waals surface area (Å²) in [5.41, 5.74) is 0.338. The van der Waals surface area contributed by atoms with Crippen LogP contribution in [0.1, 0.15) is 47.1 Å². The molecule has 5 nitrogen and oxygen atoms in total. The minimum atomic E-state index is -0.286. The number of carbonyl (C=O) groups is 1. The third-order valence-electron chi connectivity index (χ3n) is 3.54. The molecule has 0 spiro atoms. The van der Waals surface area contributed by atoms with Crippen molar-refractivity contribution in [3.05, 3.63) is 35.6 Å². The molecular weight excluding hydrogens is 319 g/mol. The lowest BCUT2D eigenvalue weighted by molar-refractivity contribution is -0.121. The molecule has 0 heterocycles. The number of rotatable bonds is 6. The molecule has 0 bridgehead atoms. The number of aliphatic imine (C=N–C) groups is 1. The van der Waals surface area contributed by atoms with Crippen LogP contribution in [0.3, 0.4) is 0 Å². The predicted molar refractivity (Wildman–Crippen MR) is 101 cm³/mol. The summed E-state index contributed by atoms with van der Waals surface area (Å²) in [5.74, 6) is 0.190. The summed E-state index contributed by atoms with van der Waals surface area (Å²) < 4.78 is 13.5. The molecular formula is C19H31FN4O. The Morgan fingerprint density at radius 2 is 1.84 bits per heavy atom. The van der Waals surface area contributed by atoms with Gasteiger partial charge in [0.1, 0.15) is 12.4 Å². The summed E-state index contributed by atoms with van der Waals surface area (Å²) >= 11 is 0. The molecule has 0 aliphatic carbocycles. The first-order chi connectivity index (χ1) is 11.5. The molecule has 1 aromatic carbocycles. The van der Waals surface area contributed by atoms with Crippen molar-refractivity contribution in [3.63, 3.8) is 0 Å². The first-order valence-corrected chi connectivity index (χ1v) is 8.63. The van der Waals surface area contributed by atoms with Crippen LogP contribution in [0.15, 0.2) is 29.3 Å². The molecule has 1 amide bonds. The number of benzene rings is 1. The van der Waals surface area contributed by atoms with Crippen LogP contribution in [-0.4, -0.2) is 37.0 Å². The fourth-order valence-electron chi connectivity index (χ4n) is 2.27. The second kappa shape index (κ2) is 8.83. The van der Waals surface area contributed by atoms with Gasteiger partial charge in [-0.15, -0.1) is 0 Å². The number of guanidine groups is 1. The van der Waals surface area contributed by atoms with E-state index in [1.165, 1.54) is 6.07 Å². The maximum absolute atomic E-state index is 13.5. The van der Waals surface area contributed by atoms with E-state index in [1.807, 2.05) is 47.6 Å². The molecule has 1 aromatic rings. The Bertz CT molecular complexity index is 606. The Morgan fingerprint density at radius 1 is 1.16 bits per heavy atom. The number of amides is 1. The van der Waals surface area contributed by atoms with Crippen LogP contribution in [0.2, 0.25) is 0 Å². The summed E-state index contributed by atoms with van der Waals surface area (Å²) in [5, 5.41) is 9.23. The zero-order chi connectivity index (χ0) is 19.1.